The summed E-state index contributed by atoms with van der Waals surface area (Å²) < 4.78 is 1.93. The SMILES string of the molecule is Cc1ccc(-c2nnc(SC(C)C(=O)NC(C)c3ccccc3)n2C)cc1. The molecule has 0 bridgehead atoms. The largest absolute Gasteiger partial charge is 0.349 e. The van der Waals surface area contributed by atoms with Crippen LogP contribution in [0.3, 0.4) is 0 Å². The van der Waals surface area contributed by atoms with E-state index in [9.17, 15) is 4.79 Å². The summed E-state index contributed by atoms with van der Waals surface area (Å²) in [4.78, 5) is 12.6. The summed E-state index contributed by atoms with van der Waals surface area (Å²) in [6, 6.07) is 18.1. The molecule has 0 radical (unpaired) electrons. The molecular weight excluding hydrogens is 356 g/mol. The number of hydrogen-bond donors (Lipinski definition) is 1. The Morgan fingerprint density at radius 1 is 1.04 bits per heavy atom. The number of hydrogen-bond acceptors (Lipinski definition) is 4. The number of thioether (sulfide) groups is 1. The second kappa shape index (κ2) is 8.39. The molecule has 3 rings (SSSR count). The average Bonchev–Trinajstić information content (AvgIpc) is 3.03. The molecular formula is C21H24N4OS. The first-order valence-electron chi connectivity index (χ1n) is 8.94. The van der Waals surface area contributed by atoms with Crippen molar-refractivity contribution in [1.29, 1.82) is 0 Å². The van der Waals surface area contributed by atoms with Gasteiger partial charge in [0.15, 0.2) is 11.0 Å². The molecule has 3 aromatic rings. The van der Waals surface area contributed by atoms with Crippen LogP contribution in [0.4, 0.5) is 0 Å². The summed E-state index contributed by atoms with van der Waals surface area (Å²) in [7, 11) is 1.93. The lowest BCUT2D eigenvalue weighted by Crippen LogP contribution is -2.33. The summed E-state index contributed by atoms with van der Waals surface area (Å²) in [6.07, 6.45) is 0. The van der Waals surface area contributed by atoms with Crippen molar-refractivity contribution in [3.05, 3.63) is 65.7 Å². The normalized spacial score (nSPS) is 13.2. The summed E-state index contributed by atoms with van der Waals surface area (Å²) in [5, 5.41) is 12.1. The van der Waals surface area contributed by atoms with E-state index in [1.165, 1.54) is 17.3 Å². The van der Waals surface area contributed by atoms with E-state index in [2.05, 4.69) is 34.6 Å². The molecule has 1 N–H and O–H groups in total. The summed E-state index contributed by atoms with van der Waals surface area (Å²) >= 11 is 1.41. The minimum atomic E-state index is -0.273. The van der Waals surface area contributed by atoms with Crippen molar-refractivity contribution in [3.8, 4) is 11.4 Å². The maximum atomic E-state index is 12.6. The quantitative estimate of drug-likeness (QED) is 0.653. The number of carbonyl (C=O) groups excluding carboxylic acids is 1. The summed E-state index contributed by atoms with van der Waals surface area (Å²) in [6.45, 7) is 5.93. The molecule has 1 heterocycles. The Morgan fingerprint density at radius 3 is 2.37 bits per heavy atom. The van der Waals surface area contributed by atoms with E-state index < -0.39 is 0 Å². The van der Waals surface area contributed by atoms with Gasteiger partial charge in [0.25, 0.3) is 0 Å². The van der Waals surface area contributed by atoms with Crippen LogP contribution in [-0.2, 0) is 11.8 Å². The Hall–Kier alpha value is -2.60. The Balaban J connectivity index is 1.66. The zero-order chi connectivity index (χ0) is 19.4. The van der Waals surface area contributed by atoms with E-state index in [0.29, 0.717) is 0 Å². The molecule has 6 heteroatoms. The predicted octanol–water partition coefficient (Wildman–Crippen LogP) is 4.15. The monoisotopic (exact) mass is 380 g/mol. The van der Waals surface area contributed by atoms with Crippen molar-refractivity contribution in [2.75, 3.05) is 0 Å². The van der Waals surface area contributed by atoms with E-state index >= 15 is 0 Å². The maximum Gasteiger partial charge on any atom is 0.233 e. The molecule has 0 saturated heterocycles. The van der Waals surface area contributed by atoms with Crippen molar-refractivity contribution >= 4 is 17.7 Å². The van der Waals surface area contributed by atoms with Crippen molar-refractivity contribution < 1.29 is 4.79 Å². The zero-order valence-electron chi connectivity index (χ0n) is 16.0. The molecule has 2 unspecified atom stereocenters. The molecule has 5 nitrogen and oxygen atoms in total. The van der Waals surface area contributed by atoms with Gasteiger partial charge in [0.1, 0.15) is 0 Å². The van der Waals surface area contributed by atoms with Crippen LogP contribution in [0.15, 0.2) is 59.8 Å². The molecule has 0 aliphatic carbocycles. The number of carbonyl (C=O) groups is 1. The highest BCUT2D eigenvalue weighted by atomic mass is 32.2. The van der Waals surface area contributed by atoms with E-state index in [1.807, 2.05) is 67.9 Å². The van der Waals surface area contributed by atoms with Gasteiger partial charge < -0.3 is 9.88 Å². The zero-order valence-corrected chi connectivity index (χ0v) is 16.8. The number of nitrogens with zero attached hydrogens (tertiary/aromatic N) is 3. The Kier molecular flexibility index (Phi) is 5.96. The van der Waals surface area contributed by atoms with Gasteiger partial charge in [0.2, 0.25) is 5.91 Å². The van der Waals surface area contributed by atoms with Crippen molar-refractivity contribution in [3.63, 3.8) is 0 Å². The number of rotatable bonds is 6. The van der Waals surface area contributed by atoms with Gasteiger partial charge >= 0.3 is 0 Å². The van der Waals surface area contributed by atoms with Crippen LogP contribution in [0.2, 0.25) is 0 Å². The van der Waals surface area contributed by atoms with Gasteiger partial charge in [-0.3, -0.25) is 4.79 Å². The van der Waals surface area contributed by atoms with Crippen LogP contribution >= 0.6 is 11.8 Å². The van der Waals surface area contributed by atoms with Gasteiger partial charge in [0.05, 0.1) is 11.3 Å². The fourth-order valence-corrected chi connectivity index (χ4v) is 3.56. The number of aromatic nitrogens is 3. The topological polar surface area (TPSA) is 59.8 Å². The van der Waals surface area contributed by atoms with Crippen molar-refractivity contribution in [2.45, 2.75) is 37.2 Å². The first-order chi connectivity index (χ1) is 13.0. The molecule has 2 atom stereocenters. The standard InChI is InChI=1S/C21H24N4OS/c1-14-10-12-18(13-11-14)19-23-24-21(25(19)4)27-16(3)20(26)22-15(2)17-8-6-5-7-9-17/h5-13,15-16H,1-4H3,(H,22,26). The van der Waals surface area contributed by atoms with Gasteiger partial charge in [-0.05, 0) is 26.3 Å². The minimum absolute atomic E-state index is 0.0174. The van der Waals surface area contributed by atoms with Crippen LogP contribution in [-0.4, -0.2) is 25.9 Å². The van der Waals surface area contributed by atoms with Crippen molar-refractivity contribution in [2.24, 2.45) is 7.05 Å². The van der Waals surface area contributed by atoms with Crippen LogP contribution in [0.1, 0.15) is 31.0 Å². The molecule has 140 valence electrons. The van der Waals surface area contributed by atoms with E-state index in [-0.39, 0.29) is 17.2 Å². The fourth-order valence-electron chi connectivity index (χ4n) is 2.74. The summed E-state index contributed by atoms with van der Waals surface area (Å²) in [5.41, 5.74) is 3.30. The maximum absolute atomic E-state index is 12.6. The molecule has 1 aromatic heterocycles. The third-order valence-electron chi connectivity index (χ3n) is 4.45. The highest BCUT2D eigenvalue weighted by molar-refractivity contribution is 8.00. The van der Waals surface area contributed by atoms with Crippen LogP contribution < -0.4 is 5.32 Å². The second-order valence-electron chi connectivity index (χ2n) is 6.63. The van der Waals surface area contributed by atoms with E-state index in [4.69, 9.17) is 0 Å². The Labute approximate surface area is 164 Å². The number of nitrogens with one attached hydrogen (secondary N) is 1. The van der Waals surface area contributed by atoms with E-state index in [1.54, 1.807) is 0 Å². The second-order valence-corrected chi connectivity index (χ2v) is 7.94. The molecule has 0 fully saturated rings. The number of amides is 1. The van der Waals surface area contributed by atoms with Gasteiger partial charge in [0, 0.05) is 12.6 Å². The van der Waals surface area contributed by atoms with Gasteiger partial charge in [-0.2, -0.15) is 0 Å². The first kappa shape index (κ1) is 19.2. The average molecular weight is 381 g/mol. The first-order valence-corrected chi connectivity index (χ1v) is 9.82. The molecule has 1 amide bonds. The van der Waals surface area contributed by atoms with Crippen molar-refractivity contribution in [1.82, 2.24) is 20.1 Å². The summed E-state index contributed by atoms with van der Waals surface area (Å²) in [5.74, 6) is 0.777. The molecule has 27 heavy (non-hydrogen) atoms. The minimum Gasteiger partial charge on any atom is -0.349 e. The van der Waals surface area contributed by atoms with Gasteiger partial charge in [-0.25, -0.2) is 0 Å². The third kappa shape index (κ3) is 4.57. The Morgan fingerprint density at radius 2 is 1.70 bits per heavy atom. The fraction of sp³-hybridized carbons (Fsp3) is 0.286. The van der Waals surface area contributed by atoms with Gasteiger partial charge in [-0.1, -0.05) is 71.9 Å². The predicted molar refractivity (Wildman–Crippen MR) is 109 cm³/mol. The lowest BCUT2D eigenvalue weighted by Gasteiger charge is -2.17. The van der Waals surface area contributed by atoms with Crippen LogP contribution in [0.25, 0.3) is 11.4 Å². The molecule has 0 saturated carbocycles. The number of aryl methyl sites for hydroxylation is 1. The molecule has 2 aromatic carbocycles. The third-order valence-corrected chi connectivity index (χ3v) is 5.59. The highest BCUT2D eigenvalue weighted by Crippen LogP contribution is 2.26. The van der Waals surface area contributed by atoms with E-state index in [0.717, 1.165) is 22.1 Å². The molecule has 0 spiro atoms. The van der Waals surface area contributed by atoms with Crippen LogP contribution in [0.5, 0.6) is 0 Å². The molecule has 0 aliphatic rings. The Bertz CT molecular complexity index is 906. The lowest BCUT2D eigenvalue weighted by molar-refractivity contribution is -0.120. The van der Waals surface area contributed by atoms with Gasteiger partial charge in [-0.15, -0.1) is 10.2 Å². The van der Waals surface area contributed by atoms with Crippen LogP contribution in [0, 0.1) is 6.92 Å². The number of benzene rings is 2. The highest BCUT2D eigenvalue weighted by Gasteiger charge is 2.21. The smallest absolute Gasteiger partial charge is 0.233 e. The molecule has 0 aliphatic heterocycles. The lowest BCUT2D eigenvalue weighted by atomic mass is 10.1.